The molecule has 7 atom stereocenters. The predicted molar refractivity (Wildman–Crippen MR) is 69.0 cm³/mol. The molecule has 4 aliphatic rings. The lowest BCUT2D eigenvalue weighted by atomic mass is 9.50. The molecule has 2 N–H and O–H groups in total. The van der Waals surface area contributed by atoms with Gasteiger partial charge in [0, 0.05) is 17.3 Å². The highest BCUT2D eigenvalue weighted by Gasteiger charge is 2.82. The van der Waals surface area contributed by atoms with Gasteiger partial charge >= 0.3 is 0 Å². The monoisotopic (exact) mass is 280 g/mol. The molecule has 3 fully saturated rings. The summed E-state index contributed by atoms with van der Waals surface area (Å²) >= 11 is 0. The van der Waals surface area contributed by atoms with Gasteiger partial charge in [-0.05, 0) is 18.6 Å². The molecule has 5 heteroatoms. The zero-order chi connectivity index (χ0) is 14.5. The number of carbonyl (C=O) groups excluding carboxylic acids is 1. The molecule has 20 heavy (non-hydrogen) atoms. The Bertz CT molecular complexity index is 536. The lowest BCUT2D eigenvalue weighted by Crippen LogP contribution is -2.69. The summed E-state index contributed by atoms with van der Waals surface area (Å²) in [5.74, 6) is -0.276. The van der Waals surface area contributed by atoms with Gasteiger partial charge in [-0.3, -0.25) is 4.79 Å². The first kappa shape index (κ1) is 13.0. The molecule has 2 aliphatic carbocycles. The van der Waals surface area contributed by atoms with Crippen LogP contribution in [0.1, 0.15) is 27.2 Å². The van der Waals surface area contributed by atoms with E-state index in [1.807, 2.05) is 13.8 Å². The van der Waals surface area contributed by atoms with Crippen LogP contribution >= 0.6 is 0 Å². The van der Waals surface area contributed by atoms with E-state index in [1.165, 1.54) is 0 Å². The third-order valence-corrected chi connectivity index (χ3v) is 6.59. The van der Waals surface area contributed by atoms with Gasteiger partial charge < -0.3 is 19.7 Å². The van der Waals surface area contributed by atoms with Crippen LogP contribution in [0.25, 0.3) is 0 Å². The van der Waals surface area contributed by atoms with E-state index < -0.39 is 28.6 Å². The van der Waals surface area contributed by atoms with E-state index >= 15 is 0 Å². The molecule has 1 saturated carbocycles. The SMILES string of the molecule is CC1=CC2OC3CC(O)[C@](C)([C@@]2(C)C(O)C1=O)[C@]31CO1. The molecule has 2 heterocycles. The van der Waals surface area contributed by atoms with E-state index in [4.69, 9.17) is 9.47 Å². The van der Waals surface area contributed by atoms with Crippen LogP contribution in [0.2, 0.25) is 0 Å². The summed E-state index contributed by atoms with van der Waals surface area (Å²) in [6.45, 7) is 6.01. The first-order valence-electron chi connectivity index (χ1n) is 7.17. The number of ketones is 1. The Kier molecular flexibility index (Phi) is 2.17. The number of rotatable bonds is 0. The maximum atomic E-state index is 12.2. The molecule has 0 aromatic carbocycles. The van der Waals surface area contributed by atoms with E-state index in [1.54, 1.807) is 13.0 Å². The minimum Gasteiger partial charge on any atom is -0.392 e. The van der Waals surface area contributed by atoms with Gasteiger partial charge in [-0.2, -0.15) is 0 Å². The lowest BCUT2D eigenvalue weighted by molar-refractivity contribution is -0.233. The molecule has 0 aromatic rings. The fraction of sp³-hybridized carbons (Fsp3) is 0.800. The number of hydrogen-bond donors (Lipinski definition) is 2. The van der Waals surface area contributed by atoms with Crippen molar-refractivity contribution in [3.05, 3.63) is 11.6 Å². The van der Waals surface area contributed by atoms with Crippen LogP contribution in [0.4, 0.5) is 0 Å². The number of carbonyl (C=O) groups is 1. The molecule has 0 radical (unpaired) electrons. The van der Waals surface area contributed by atoms with Crippen molar-refractivity contribution in [2.75, 3.05) is 6.61 Å². The highest BCUT2D eigenvalue weighted by atomic mass is 16.6. The third-order valence-electron chi connectivity index (χ3n) is 6.59. The molecular weight excluding hydrogens is 260 g/mol. The predicted octanol–water partition coefficient (Wildman–Crippen LogP) is 0.190. The highest BCUT2D eigenvalue weighted by Crippen LogP contribution is 2.70. The molecule has 5 nitrogen and oxygen atoms in total. The first-order valence-corrected chi connectivity index (χ1v) is 7.17. The van der Waals surface area contributed by atoms with Gasteiger partial charge in [0.1, 0.15) is 11.7 Å². The van der Waals surface area contributed by atoms with E-state index in [-0.39, 0.29) is 18.0 Å². The topological polar surface area (TPSA) is 79.3 Å². The van der Waals surface area contributed by atoms with Crippen molar-refractivity contribution < 1.29 is 24.5 Å². The summed E-state index contributed by atoms with van der Waals surface area (Å²) in [5.41, 5.74) is -1.56. The van der Waals surface area contributed by atoms with Crippen LogP contribution in [-0.2, 0) is 14.3 Å². The number of aliphatic hydroxyl groups is 2. The van der Waals surface area contributed by atoms with Gasteiger partial charge in [-0.15, -0.1) is 0 Å². The standard InChI is InChI=1S/C15H20O5/c1-7-4-9-13(2,12(18)11(7)17)14(3)8(16)5-10(20-9)15(14)6-19-15/h4,8-10,12,16,18H,5-6H2,1-3H3/t8?,9?,10?,12?,13-,14-,15+/m1/s1. The Morgan fingerprint density at radius 3 is 2.60 bits per heavy atom. The summed E-state index contributed by atoms with van der Waals surface area (Å²) in [6, 6.07) is 0. The Morgan fingerprint density at radius 2 is 2.00 bits per heavy atom. The van der Waals surface area contributed by atoms with Crippen LogP contribution < -0.4 is 0 Å². The normalized spacial score (nSPS) is 60.5. The summed E-state index contributed by atoms with van der Waals surface area (Å²) in [7, 11) is 0. The second kappa shape index (κ2) is 3.35. The van der Waals surface area contributed by atoms with E-state index in [9.17, 15) is 15.0 Å². The fourth-order valence-corrected chi connectivity index (χ4v) is 4.85. The highest BCUT2D eigenvalue weighted by molar-refractivity contribution is 6.00. The molecule has 4 unspecified atom stereocenters. The van der Waals surface area contributed by atoms with Crippen molar-refractivity contribution in [1.29, 1.82) is 0 Å². The number of Topliss-reactive ketones (excluding diaryl/α,β-unsaturated/α-hetero) is 1. The van der Waals surface area contributed by atoms with Crippen LogP contribution in [0.15, 0.2) is 11.6 Å². The lowest BCUT2D eigenvalue weighted by Gasteiger charge is -2.58. The zero-order valence-electron chi connectivity index (χ0n) is 11.9. The largest absolute Gasteiger partial charge is 0.392 e. The fourth-order valence-electron chi connectivity index (χ4n) is 4.85. The number of fused-ring (bicyclic) bond motifs is 2. The molecule has 0 aromatic heterocycles. The van der Waals surface area contributed by atoms with E-state index in [2.05, 4.69) is 0 Å². The Balaban J connectivity index is 1.94. The Labute approximate surface area is 117 Å². The van der Waals surface area contributed by atoms with Crippen molar-refractivity contribution in [3.63, 3.8) is 0 Å². The Hall–Kier alpha value is -0.750. The van der Waals surface area contributed by atoms with Gasteiger partial charge in [0.05, 0.1) is 24.9 Å². The van der Waals surface area contributed by atoms with E-state index in [0.717, 1.165) is 0 Å². The van der Waals surface area contributed by atoms with Gasteiger partial charge in [-0.25, -0.2) is 0 Å². The molecule has 1 spiro atoms. The summed E-state index contributed by atoms with van der Waals surface area (Å²) in [6.07, 6.45) is -0.0389. The molecule has 2 aliphatic heterocycles. The molecule has 2 saturated heterocycles. The molecule has 2 bridgehead atoms. The van der Waals surface area contributed by atoms with E-state index in [0.29, 0.717) is 18.6 Å². The van der Waals surface area contributed by atoms with Gasteiger partial charge in [0.2, 0.25) is 0 Å². The summed E-state index contributed by atoms with van der Waals surface area (Å²) in [4.78, 5) is 12.2. The van der Waals surface area contributed by atoms with Crippen molar-refractivity contribution in [3.8, 4) is 0 Å². The average Bonchev–Trinajstić information content (AvgIpc) is 3.17. The van der Waals surface area contributed by atoms with Crippen LogP contribution in [0, 0.1) is 10.8 Å². The molecular formula is C15H20O5. The number of epoxide rings is 1. The minimum atomic E-state index is -1.17. The van der Waals surface area contributed by atoms with Gasteiger partial charge in [-0.1, -0.05) is 13.8 Å². The van der Waals surface area contributed by atoms with Crippen LogP contribution in [0.5, 0.6) is 0 Å². The van der Waals surface area contributed by atoms with Crippen LogP contribution in [0.3, 0.4) is 0 Å². The third kappa shape index (κ3) is 1.04. The van der Waals surface area contributed by atoms with Gasteiger partial charge in [0.25, 0.3) is 0 Å². The van der Waals surface area contributed by atoms with Crippen molar-refractivity contribution in [2.24, 2.45) is 10.8 Å². The van der Waals surface area contributed by atoms with Crippen LogP contribution in [-0.4, -0.2) is 52.6 Å². The molecule has 110 valence electrons. The number of hydrogen-bond acceptors (Lipinski definition) is 5. The second-order valence-corrected chi connectivity index (χ2v) is 7.08. The molecule has 0 amide bonds. The van der Waals surface area contributed by atoms with Gasteiger partial charge in [0.15, 0.2) is 5.78 Å². The smallest absolute Gasteiger partial charge is 0.187 e. The number of ether oxygens (including phenoxy) is 2. The number of aliphatic hydroxyl groups excluding tert-OH is 2. The molecule has 4 rings (SSSR count). The minimum absolute atomic E-state index is 0.162. The summed E-state index contributed by atoms with van der Waals surface area (Å²) < 4.78 is 11.8. The maximum Gasteiger partial charge on any atom is 0.187 e. The average molecular weight is 280 g/mol. The van der Waals surface area contributed by atoms with Crippen molar-refractivity contribution in [1.82, 2.24) is 0 Å². The van der Waals surface area contributed by atoms with Crippen molar-refractivity contribution >= 4 is 5.78 Å². The quantitative estimate of drug-likeness (QED) is 0.619. The first-order chi connectivity index (χ1) is 9.29. The Morgan fingerprint density at radius 1 is 1.35 bits per heavy atom. The summed E-state index contributed by atoms with van der Waals surface area (Å²) in [5, 5.41) is 21.2. The van der Waals surface area contributed by atoms with Crippen molar-refractivity contribution in [2.45, 2.75) is 57.2 Å². The zero-order valence-corrected chi connectivity index (χ0v) is 11.9. The second-order valence-electron chi connectivity index (χ2n) is 7.08. The maximum absolute atomic E-state index is 12.2.